The summed E-state index contributed by atoms with van der Waals surface area (Å²) in [5.41, 5.74) is -0.191. The number of carbonyl (C=O) groups is 1. The molecule has 0 radical (unpaired) electrons. The molecule has 0 aliphatic rings. The summed E-state index contributed by atoms with van der Waals surface area (Å²) in [5.74, 6) is -1.45. The van der Waals surface area contributed by atoms with Crippen LogP contribution in [0.2, 0.25) is 5.02 Å². The minimum Gasteiger partial charge on any atom is -0.478 e. The molecule has 0 bridgehead atoms. The average molecular weight is 315 g/mol. The number of aromatic carboxylic acids is 1. The summed E-state index contributed by atoms with van der Waals surface area (Å²) in [7, 11) is -3.97. The van der Waals surface area contributed by atoms with E-state index in [1.54, 1.807) is 0 Å². The Hall–Kier alpha value is -2.26. The van der Waals surface area contributed by atoms with Gasteiger partial charge in [0.1, 0.15) is 0 Å². The van der Waals surface area contributed by atoms with Gasteiger partial charge in [-0.3, -0.25) is 0 Å². The van der Waals surface area contributed by atoms with Crippen molar-refractivity contribution in [2.75, 3.05) is 4.72 Å². The van der Waals surface area contributed by atoms with E-state index < -0.39 is 16.0 Å². The van der Waals surface area contributed by atoms with Gasteiger partial charge in [0, 0.05) is 0 Å². The second-order valence-electron chi connectivity index (χ2n) is 3.52. The Bertz CT molecular complexity index is 751. The number of anilines is 1. The summed E-state index contributed by atoms with van der Waals surface area (Å²) in [6, 6.07) is 3.25. The van der Waals surface area contributed by atoms with Gasteiger partial charge in [0.2, 0.25) is 0 Å². The van der Waals surface area contributed by atoms with E-state index in [4.69, 9.17) is 16.7 Å². The van der Waals surface area contributed by atoms with Crippen LogP contribution in [0, 0.1) is 0 Å². The molecule has 8 nitrogen and oxygen atoms in total. The van der Waals surface area contributed by atoms with Gasteiger partial charge in [-0.1, -0.05) is 11.6 Å². The van der Waals surface area contributed by atoms with E-state index in [0.717, 1.165) is 18.2 Å². The van der Waals surface area contributed by atoms with Gasteiger partial charge in [0.25, 0.3) is 16.0 Å². The second kappa shape index (κ2) is 5.39. The highest BCUT2D eigenvalue weighted by atomic mass is 35.5. The molecule has 1 aromatic heterocycles. The van der Waals surface area contributed by atoms with Gasteiger partial charge in [0.05, 0.1) is 27.9 Å². The summed E-state index contributed by atoms with van der Waals surface area (Å²) in [6.07, 6.45) is 2.56. The van der Waals surface area contributed by atoms with Crippen LogP contribution in [0.25, 0.3) is 0 Å². The van der Waals surface area contributed by atoms with Crippen LogP contribution in [0.15, 0.2) is 35.5 Å². The van der Waals surface area contributed by atoms with E-state index >= 15 is 0 Å². The lowest BCUT2D eigenvalue weighted by atomic mass is 10.2. The van der Waals surface area contributed by atoms with Crippen LogP contribution in [0.1, 0.15) is 10.4 Å². The molecule has 104 valence electrons. The Kier molecular flexibility index (Phi) is 3.81. The van der Waals surface area contributed by atoms with E-state index in [-0.39, 0.29) is 21.4 Å². The predicted octanol–water partition coefficient (Wildman–Crippen LogP) is 1.02. The smallest absolute Gasteiger partial charge is 0.337 e. The van der Waals surface area contributed by atoms with E-state index in [1.165, 1.54) is 12.4 Å². The Labute approximate surface area is 118 Å². The Morgan fingerprint density at radius 3 is 2.60 bits per heavy atom. The van der Waals surface area contributed by atoms with Crippen molar-refractivity contribution in [3.8, 4) is 0 Å². The van der Waals surface area contributed by atoms with E-state index in [1.807, 2.05) is 0 Å². The molecule has 0 atom stereocenters. The van der Waals surface area contributed by atoms with Crippen molar-refractivity contribution in [1.29, 1.82) is 0 Å². The summed E-state index contributed by atoms with van der Waals surface area (Å²) in [6.45, 7) is 0. The maximum atomic E-state index is 12.0. The van der Waals surface area contributed by atoms with Crippen molar-refractivity contribution in [1.82, 2.24) is 15.2 Å². The molecule has 0 amide bonds. The molecule has 20 heavy (non-hydrogen) atoms. The zero-order chi connectivity index (χ0) is 14.8. The average Bonchev–Trinajstić information content (AvgIpc) is 2.38. The number of nitrogens with zero attached hydrogens (tertiary/aromatic N) is 3. The molecule has 2 N–H and O–H groups in total. The lowest BCUT2D eigenvalue weighted by Gasteiger charge is -2.07. The third-order valence-electron chi connectivity index (χ3n) is 2.19. The number of hydrogen-bond acceptors (Lipinski definition) is 6. The third-order valence-corrected chi connectivity index (χ3v) is 3.83. The van der Waals surface area contributed by atoms with Crippen LogP contribution in [0.4, 0.5) is 5.95 Å². The van der Waals surface area contributed by atoms with Gasteiger partial charge in [-0.05, 0) is 18.2 Å². The lowest BCUT2D eigenvalue weighted by molar-refractivity contribution is 0.0697. The van der Waals surface area contributed by atoms with Gasteiger partial charge in [-0.15, -0.1) is 5.10 Å². The first-order chi connectivity index (χ1) is 9.40. The second-order valence-corrected chi connectivity index (χ2v) is 5.61. The molecule has 0 saturated carbocycles. The summed E-state index contributed by atoms with van der Waals surface area (Å²) < 4.78 is 26.1. The normalized spacial score (nSPS) is 11.1. The zero-order valence-corrected chi connectivity index (χ0v) is 11.3. The van der Waals surface area contributed by atoms with Crippen LogP contribution >= 0.6 is 11.6 Å². The third kappa shape index (κ3) is 3.00. The molecule has 1 heterocycles. The highest BCUT2D eigenvalue weighted by Crippen LogP contribution is 2.21. The number of nitrogens with one attached hydrogen (secondary N) is 1. The van der Waals surface area contributed by atoms with Crippen molar-refractivity contribution in [2.24, 2.45) is 0 Å². The molecule has 2 aromatic rings. The molecular formula is C10H7ClN4O4S. The van der Waals surface area contributed by atoms with Crippen molar-refractivity contribution in [3.05, 3.63) is 41.2 Å². The fourth-order valence-corrected chi connectivity index (χ4v) is 2.61. The topological polar surface area (TPSA) is 122 Å². The van der Waals surface area contributed by atoms with Crippen molar-refractivity contribution in [3.63, 3.8) is 0 Å². The van der Waals surface area contributed by atoms with Gasteiger partial charge in [-0.25, -0.2) is 22.9 Å². The standard InChI is InChI=1S/C10H7ClN4O4S/c11-8-5-6(1-2-7(8)9(16)17)20(18,19)15-10-12-3-4-13-14-10/h1-5H,(H,16,17)(H,12,14,15). The molecule has 0 aliphatic carbocycles. The predicted molar refractivity (Wildman–Crippen MR) is 69.0 cm³/mol. The van der Waals surface area contributed by atoms with Crippen LogP contribution in [0.5, 0.6) is 0 Å². The number of aromatic nitrogens is 3. The first-order valence-corrected chi connectivity index (χ1v) is 6.95. The molecule has 0 spiro atoms. The van der Waals surface area contributed by atoms with E-state index in [0.29, 0.717) is 0 Å². The lowest BCUT2D eigenvalue weighted by Crippen LogP contribution is -2.15. The molecule has 0 unspecified atom stereocenters. The molecule has 1 aromatic carbocycles. The number of carboxylic acids is 1. The van der Waals surface area contributed by atoms with Gasteiger partial charge in [0.15, 0.2) is 0 Å². The number of halogens is 1. The summed E-state index contributed by atoms with van der Waals surface area (Å²) in [5, 5.41) is 15.6. The van der Waals surface area contributed by atoms with Crippen LogP contribution in [-0.4, -0.2) is 34.7 Å². The zero-order valence-electron chi connectivity index (χ0n) is 9.69. The first kappa shape index (κ1) is 14.2. The van der Waals surface area contributed by atoms with Crippen LogP contribution < -0.4 is 4.72 Å². The van der Waals surface area contributed by atoms with Crippen molar-refractivity contribution < 1.29 is 18.3 Å². The highest BCUT2D eigenvalue weighted by Gasteiger charge is 2.18. The monoisotopic (exact) mass is 314 g/mol. The van der Waals surface area contributed by atoms with Crippen LogP contribution in [-0.2, 0) is 10.0 Å². The van der Waals surface area contributed by atoms with Crippen molar-refractivity contribution >= 4 is 33.5 Å². The molecule has 0 aliphatic heterocycles. The van der Waals surface area contributed by atoms with E-state index in [9.17, 15) is 13.2 Å². The maximum absolute atomic E-state index is 12.0. The molecule has 10 heteroatoms. The fraction of sp³-hybridized carbons (Fsp3) is 0. The quantitative estimate of drug-likeness (QED) is 0.863. The van der Waals surface area contributed by atoms with E-state index in [2.05, 4.69) is 19.9 Å². The Morgan fingerprint density at radius 2 is 2.05 bits per heavy atom. The Morgan fingerprint density at radius 1 is 1.30 bits per heavy atom. The van der Waals surface area contributed by atoms with Crippen LogP contribution in [0.3, 0.4) is 0 Å². The number of carboxylic acid groups (broad SMARTS) is 1. The largest absolute Gasteiger partial charge is 0.478 e. The fourth-order valence-electron chi connectivity index (χ4n) is 1.31. The minimum atomic E-state index is -3.97. The number of rotatable bonds is 4. The van der Waals surface area contributed by atoms with Crippen molar-refractivity contribution in [2.45, 2.75) is 4.90 Å². The SMILES string of the molecule is O=C(O)c1ccc(S(=O)(=O)Nc2nccnn2)cc1Cl. The number of sulfonamides is 1. The minimum absolute atomic E-state index is 0.188. The van der Waals surface area contributed by atoms with Gasteiger partial charge in [-0.2, -0.15) is 5.10 Å². The van der Waals surface area contributed by atoms with Gasteiger partial charge < -0.3 is 5.11 Å². The maximum Gasteiger partial charge on any atom is 0.337 e. The molecule has 0 fully saturated rings. The highest BCUT2D eigenvalue weighted by molar-refractivity contribution is 7.92. The number of hydrogen-bond donors (Lipinski definition) is 2. The molecule has 0 saturated heterocycles. The Balaban J connectivity index is 2.35. The molecule has 2 rings (SSSR count). The summed E-state index contributed by atoms with van der Waals surface area (Å²) in [4.78, 5) is 14.3. The summed E-state index contributed by atoms with van der Waals surface area (Å²) >= 11 is 5.72. The molecular weight excluding hydrogens is 308 g/mol. The van der Waals surface area contributed by atoms with Gasteiger partial charge >= 0.3 is 5.97 Å². The number of benzene rings is 1. The first-order valence-electron chi connectivity index (χ1n) is 5.09.